The molecule has 0 radical (unpaired) electrons. The van der Waals surface area contributed by atoms with E-state index >= 15 is 0 Å². The van der Waals surface area contributed by atoms with Crippen LogP contribution in [0.3, 0.4) is 0 Å². The second kappa shape index (κ2) is 4.79. The predicted octanol–water partition coefficient (Wildman–Crippen LogP) is 4.47. The van der Waals surface area contributed by atoms with Crippen LogP contribution in [-0.4, -0.2) is 17.3 Å². The minimum atomic E-state index is -0.257. The summed E-state index contributed by atoms with van der Waals surface area (Å²) in [6, 6.07) is 6.81. The lowest BCUT2D eigenvalue weighted by Crippen LogP contribution is -2.66. The molecule has 1 aromatic rings. The van der Waals surface area contributed by atoms with Crippen molar-refractivity contribution in [2.45, 2.75) is 70.9 Å². The van der Waals surface area contributed by atoms with Crippen LogP contribution in [0.25, 0.3) is 0 Å². The van der Waals surface area contributed by atoms with E-state index in [-0.39, 0.29) is 28.5 Å². The van der Waals surface area contributed by atoms with Gasteiger partial charge in [0.15, 0.2) is 0 Å². The van der Waals surface area contributed by atoms with E-state index in [9.17, 15) is 4.39 Å². The largest absolute Gasteiger partial charge is 0.370 e. The van der Waals surface area contributed by atoms with E-state index in [2.05, 4.69) is 27.7 Å². The van der Waals surface area contributed by atoms with Gasteiger partial charge in [0.1, 0.15) is 5.82 Å². The van der Waals surface area contributed by atoms with Gasteiger partial charge in [-0.05, 0) is 51.5 Å². The number of rotatable bonds is 3. The molecule has 1 saturated carbocycles. The summed E-state index contributed by atoms with van der Waals surface area (Å²) in [5, 5.41) is 0. The molecule has 2 nitrogen and oxygen atoms in total. The lowest BCUT2D eigenvalue weighted by atomic mass is 9.58. The molecule has 2 heterocycles. The van der Waals surface area contributed by atoms with Crippen molar-refractivity contribution in [2.75, 3.05) is 0 Å². The topological polar surface area (TPSA) is 18.5 Å². The fraction of sp³-hybridized carbons (Fsp3) is 0.667. The van der Waals surface area contributed by atoms with Gasteiger partial charge in [0.25, 0.3) is 0 Å². The van der Waals surface area contributed by atoms with Crippen LogP contribution in [0.1, 0.15) is 52.5 Å². The second-order valence-electron chi connectivity index (χ2n) is 7.58. The first-order valence-corrected chi connectivity index (χ1v) is 7.81. The highest BCUT2D eigenvalue weighted by Crippen LogP contribution is 2.58. The molecule has 2 bridgehead atoms. The Morgan fingerprint density at radius 2 is 1.90 bits per heavy atom. The smallest absolute Gasteiger partial charge is 0.128 e. The molecule has 0 spiro atoms. The molecule has 3 heteroatoms. The fourth-order valence-electron chi connectivity index (χ4n) is 3.82. The van der Waals surface area contributed by atoms with Crippen LogP contribution in [0.2, 0.25) is 0 Å². The third-order valence-electron chi connectivity index (χ3n) is 5.83. The SMILES string of the molecule is CC12CCC(C)(CC1OCc1ccccc1F)C(C)(C)O2. The van der Waals surface area contributed by atoms with E-state index in [1.165, 1.54) is 6.07 Å². The Kier molecular flexibility index (Phi) is 3.42. The molecule has 116 valence electrons. The van der Waals surface area contributed by atoms with E-state index < -0.39 is 0 Å². The van der Waals surface area contributed by atoms with Gasteiger partial charge in [-0.2, -0.15) is 0 Å². The summed E-state index contributed by atoms with van der Waals surface area (Å²) in [7, 11) is 0. The molecular weight excluding hydrogens is 267 g/mol. The summed E-state index contributed by atoms with van der Waals surface area (Å²) in [6.07, 6.45) is 3.18. The minimum absolute atomic E-state index is 0.0314. The normalized spacial score (nSPS) is 37.7. The summed E-state index contributed by atoms with van der Waals surface area (Å²) in [5.41, 5.74) is 0.363. The van der Waals surface area contributed by atoms with Crippen molar-refractivity contribution >= 4 is 0 Å². The Bertz CT molecular complexity index is 542. The van der Waals surface area contributed by atoms with Crippen molar-refractivity contribution < 1.29 is 13.9 Å². The fourth-order valence-corrected chi connectivity index (χ4v) is 3.82. The van der Waals surface area contributed by atoms with E-state index in [0.29, 0.717) is 12.2 Å². The Morgan fingerprint density at radius 3 is 2.57 bits per heavy atom. The van der Waals surface area contributed by atoms with Gasteiger partial charge in [-0.1, -0.05) is 25.1 Å². The highest BCUT2D eigenvalue weighted by Gasteiger charge is 2.60. The third kappa shape index (κ3) is 2.40. The molecule has 0 amide bonds. The molecule has 3 aliphatic rings. The zero-order valence-corrected chi connectivity index (χ0v) is 13.4. The maximum atomic E-state index is 13.7. The maximum absolute atomic E-state index is 13.7. The lowest BCUT2D eigenvalue weighted by Gasteiger charge is -2.62. The lowest BCUT2D eigenvalue weighted by molar-refractivity contribution is -0.314. The third-order valence-corrected chi connectivity index (χ3v) is 5.83. The van der Waals surface area contributed by atoms with Gasteiger partial charge in [0, 0.05) is 5.56 Å². The number of hydrogen-bond acceptors (Lipinski definition) is 2. The summed E-state index contributed by atoms with van der Waals surface area (Å²) >= 11 is 0. The molecule has 21 heavy (non-hydrogen) atoms. The number of ether oxygens (including phenoxy) is 2. The van der Waals surface area contributed by atoms with Crippen LogP contribution in [-0.2, 0) is 16.1 Å². The van der Waals surface area contributed by atoms with Crippen molar-refractivity contribution in [1.29, 1.82) is 0 Å². The average Bonchev–Trinajstić information content (AvgIpc) is 2.40. The first-order valence-electron chi connectivity index (χ1n) is 7.81. The standard InChI is InChI=1S/C18H25FO2/c1-16(2)17(3)9-10-18(4,21-16)15(11-17)20-12-13-7-5-6-8-14(13)19/h5-8,15H,9-12H2,1-4H3. The van der Waals surface area contributed by atoms with Crippen LogP contribution in [0.4, 0.5) is 4.39 Å². The van der Waals surface area contributed by atoms with Crippen LogP contribution in [0, 0.1) is 11.2 Å². The Morgan fingerprint density at radius 1 is 1.19 bits per heavy atom. The van der Waals surface area contributed by atoms with Gasteiger partial charge < -0.3 is 9.47 Å². The molecule has 3 atom stereocenters. The molecular formula is C18H25FO2. The van der Waals surface area contributed by atoms with Crippen LogP contribution < -0.4 is 0 Å². The molecule has 3 fully saturated rings. The average molecular weight is 292 g/mol. The zero-order chi connectivity index (χ0) is 15.3. The molecule has 2 saturated heterocycles. The monoisotopic (exact) mass is 292 g/mol. The highest BCUT2D eigenvalue weighted by atomic mass is 19.1. The van der Waals surface area contributed by atoms with Crippen LogP contribution >= 0.6 is 0 Å². The van der Waals surface area contributed by atoms with Crippen molar-refractivity contribution in [3.05, 3.63) is 35.6 Å². The van der Waals surface area contributed by atoms with Gasteiger partial charge in [0.05, 0.1) is 23.9 Å². The maximum Gasteiger partial charge on any atom is 0.128 e. The molecule has 0 N–H and O–H groups in total. The second-order valence-corrected chi connectivity index (χ2v) is 7.58. The first kappa shape index (κ1) is 15.0. The number of halogens is 1. The van der Waals surface area contributed by atoms with E-state index in [4.69, 9.17) is 9.47 Å². The van der Waals surface area contributed by atoms with Gasteiger partial charge in [-0.3, -0.25) is 0 Å². The van der Waals surface area contributed by atoms with E-state index in [1.54, 1.807) is 12.1 Å². The van der Waals surface area contributed by atoms with Crippen molar-refractivity contribution in [3.8, 4) is 0 Å². The summed E-state index contributed by atoms with van der Waals surface area (Å²) in [6.45, 7) is 9.09. The zero-order valence-electron chi connectivity index (χ0n) is 13.4. The van der Waals surface area contributed by atoms with Crippen LogP contribution in [0.15, 0.2) is 24.3 Å². The Balaban J connectivity index is 1.74. The van der Waals surface area contributed by atoms with E-state index in [1.807, 2.05) is 6.07 Å². The molecule has 4 rings (SSSR count). The minimum Gasteiger partial charge on any atom is -0.370 e. The molecule has 1 aromatic carbocycles. The summed E-state index contributed by atoms with van der Waals surface area (Å²) < 4.78 is 26.2. The predicted molar refractivity (Wildman–Crippen MR) is 80.5 cm³/mol. The molecule has 1 aliphatic carbocycles. The van der Waals surface area contributed by atoms with Crippen molar-refractivity contribution in [3.63, 3.8) is 0 Å². The highest BCUT2D eigenvalue weighted by molar-refractivity contribution is 5.17. The van der Waals surface area contributed by atoms with Crippen LogP contribution in [0.5, 0.6) is 0 Å². The van der Waals surface area contributed by atoms with Gasteiger partial charge >= 0.3 is 0 Å². The molecule has 2 aliphatic heterocycles. The van der Waals surface area contributed by atoms with E-state index in [0.717, 1.165) is 19.3 Å². The van der Waals surface area contributed by atoms with Gasteiger partial charge in [-0.25, -0.2) is 4.39 Å². The molecule has 0 aromatic heterocycles. The number of benzene rings is 1. The quantitative estimate of drug-likeness (QED) is 0.818. The number of hydrogen-bond donors (Lipinski definition) is 0. The summed E-state index contributed by atoms with van der Waals surface area (Å²) in [5.74, 6) is -0.198. The Labute approximate surface area is 126 Å². The van der Waals surface area contributed by atoms with Crippen molar-refractivity contribution in [2.24, 2.45) is 5.41 Å². The van der Waals surface area contributed by atoms with Crippen molar-refractivity contribution in [1.82, 2.24) is 0 Å². The first-order chi connectivity index (χ1) is 9.76. The Hall–Kier alpha value is -0.930. The summed E-state index contributed by atoms with van der Waals surface area (Å²) in [4.78, 5) is 0. The number of fused-ring (bicyclic) bond motifs is 3. The van der Waals surface area contributed by atoms with Gasteiger partial charge in [-0.15, -0.1) is 0 Å². The van der Waals surface area contributed by atoms with Gasteiger partial charge in [0.2, 0.25) is 0 Å². The molecule has 3 unspecified atom stereocenters.